The highest BCUT2D eigenvalue weighted by Gasteiger charge is 2.34. The third-order valence-corrected chi connectivity index (χ3v) is 4.74. The Bertz CT molecular complexity index is 617. The van der Waals surface area contributed by atoms with Gasteiger partial charge in [-0.1, -0.05) is 0 Å². The van der Waals surface area contributed by atoms with Crippen LogP contribution in [0.5, 0.6) is 5.75 Å². The van der Waals surface area contributed by atoms with Crippen LogP contribution in [-0.2, 0) is 11.3 Å². The molecule has 146 valence electrons. The molecule has 0 radical (unpaired) electrons. The van der Waals surface area contributed by atoms with Crippen LogP contribution in [0.3, 0.4) is 0 Å². The second-order valence-electron chi connectivity index (χ2n) is 6.61. The Morgan fingerprint density at radius 1 is 1.27 bits per heavy atom. The van der Waals surface area contributed by atoms with Gasteiger partial charge >= 0.3 is 6.18 Å². The van der Waals surface area contributed by atoms with Crippen LogP contribution in [0.25, 0.3) is 0 Å². The zero-order valence-corrected chi connectivity index (χ0v) is 14.9. The molecule has 5 nitrogen and oxygen atoms in total. The smallest absolute Gasteiger partial charge is 0.405 e. The molecule has 3 N–H and O–H groups in total. The Kier molecular flexibility index (Phi) is 6.82. The summed E-state index contributed by atoms with van der Waals surface area (Å²) in [6.45, 7) is 3.88. The topological polar surface area (TPSA) is 47.2 Å². The molecule has 1 amide bonds. The molecule has 1 aromatic rings. The maximum atomic E-state index is 13.8. The molecule has 26 heavy (non-hydrogen) atoms. The lowest BCUT2D eigenvalue weighted by atomic mass is 10.1. The standard InChI is InChI=1S/C17H23F4N3O2/c1-12(16(25)22-11-17(19,20)21)24-7-5-23(6-8-24)10-13-3-4-15(26-2)14(18)9-13/h3-4,9,12H,5-8,10-11H2,1-2H3,(H,22,25)/p+2/t12-/m0/s1. The fraction of sp³-hybridized carbons (Fsp3) is 0.588. The molecule has 1 heterocycles. The molecule has 0 unspecified atom stereocenters. The predicted molar refractivity (Wildman–Crippen MR) is 86.6 cm³/mol. The number of halogens is 4. The summed E-state index contributed by atoms with van der Waals surface area (Å²) in [5.41, 5.74) is 0.859. The van der Waals surface area contributed by atoms with Gasteiger partial charge in [0.1, 0.15) is 39.3 Å². The maximum Gasteiger partial charge on any atom is 0.405 e. The van der Waals surface area contributed by atoms with Crippen LogP contribution in [0.2, 0.25) is 0 Å². The van der Waals surface area contributed by atoms with Gasteiger partial charge in [-0.2, -0.15) is 13.2 Å². The highest BCUT2D eigenvalue weighted by atomic mass is 19.4. The first-order chi connectivity index (χ1) is 12.2. The molecular weight excluding hydrogens is 354 g/mol. The van der Waals surface area contributed by atoms with Gasteiger partial charge in [-0.25, -0.2) is 4.39 Å². The quantitative estimate of drug-likeness (QED) is 0.566. The maximum absolute atomic E-state index is 13.8. The van der Waals surface area contributed by atoms with Crippen molar-refractivity contribution >= 4 is 5.91 Å². The normalized spacial score (nSPS) is 21.9. The van der Waals surface area contributed by atoms with E-state index in [1.54, 1.807) is 13.0 Å². The summed E-state index contributed by atoms with van der Waals surface area (Å²) in [4.78, 5) is 14.1. The van der Waals surface area contributed by atoms with E-state index in [2.05, 4.69) is 0 Å². The van der Waals surface area contributed by atoms with Gasteiger partial charge in [-0.15, -0.1) is 0 Å². The van der Waals surface area contributed by atoms with Gasteiger partial charge in [0.2, 0.25) is 0 Å². The molecule has 0 spiro atoms. The first kappa shape index (κ1) is 20.4. The number of nitrogens with one attached hydrogen (secondary N) is 3. The summed E-state index contributed by atoms with van der Waals surface area (Å²) in [7, 11) is 1.41. The number of piperazine rings is 1. The monoisotopic (exact) mass is 379 g/mol. The number of carbonyl (C=O) groups is 1. The van der Waals surface area contributed by atoms with E-state index in [1.807, 2.05) is 11.4 Å². The molecule has 1 fully saturated rings. The van der Waals surface area contributed by atoms with Gasteiger partial charge in [0.05, 0.1) is 7.11 Å². The van der Waals surface area contributed by atoms with Crippen LogP contribution >= 0.6 is 0 Å². The first-order valence-electron chi connectivity index (χ1n) is 8.54. The molecule has 1 aliphatic heterocycles. The van der Waals surface area contributed by atoms with Gasteiger partial charge in [0.25, 0.3) is 5.91 Å². The van der Waals surface area contributed by atoms with Crippen molar-refractivity contribution in [2.45, 2.75) is 25.7 Å². The minimum absolute atomic E-state index is 0.205. The van der Waals surface area contributed by atoms with E-state index in [0.717, 1.165) is 23.6 Å². The minimum atomic E-state index is -4.40. The summed E-state index contributed by atoms with van der Waals surface area (Å²) in [6, 6.07) is 4.34. The van der Waals surface area contributed by atoms with Crippen LogP contribution in [0.4, 0.5) is 17.6 Å². The highest BCUT2D eigenvalue weighted by molar-refractivity contribution is 5.79. The largest absolute Gasteiger partial charge is 0.494 e. The van der Waals surface area contributed by atoms with E-state index in [-0.39, 0.29) is 5.75 Å². The summed E-state index contributed by atoms with van der Waals surface area (Å²) in [5, 5.41) is 1.94. The Labute approximate surface area is 149 Å². The van der Waals surface area contributed by atoms with Gasteiger partial charge < -0.3 is 19.9 Å². The van der Waals surface area contributed by atoms with E-state index >= 15 is 0 Å². The van der Waals surface area contributed by atoms with Crippen molar-refractivity contribution in [3.8, 4) is 5.75 Å². The average Bonchev–Trinajstić information content (AvgIpc) is 2.59. The Morgan fingerprint density at radius 2 is 1.92 bits per heavy atom. The second kappa shape index (κ2) is 8.68. The number of methoxy groups -OCH3 is 1. The molecule has 0 bridgehead atoms. The van der Waals surface area contributed by atoms with Gasteiger partial charge in [0.15, 0.2) is 17.6 Å². The number of hydrogen-bond donors (Lipinski definition) is 3. The third-order valence-electron chi connectivity index (χ3n) is 4.74. The number of benzene rings is 1. The van der Waals surface area contributed by atoms with Crippen LogP contribution in [0, 0.1) is 5.82 Å². The zero-order chi connectivity index (χ0) is 19.3. The van der Waals surface area contributed by atoms with E-state index < -0.39 is 30.5 Å². The predicted octanol–water partition coefficient (Wildman–Crippen LogP) is -0.815. The van der Waals surface area contributed by atoms with Crippen molar-refractivity contribution < 1.29 is 36.9 Å². The van der Waals surface area contributed by atoms with Crippen LogP contribution in [0.1, 0.15) is 12.5 Å². The number of rotatable bonds is 6. The second-order valence-corrected chi connectivity index (χ2v) is 6.61. The third kappa shape index (κ3) is 5.84. The summed E-state index contributed by atoms with van der Waals surface area (Å²) < 4.78 is 55.2. The summed E-state index contributed by atoms with van der Waals surface area (Å²) in [5.74, 6) is -0.779. The molecule has 1 aliphatic rings. The Balaban J connectivity index is 1.81. The lowest BCUT2D eigenvalue weighted by Gasteiger charge is -2.32. The van der Waals surface area contributed by atoms with Gasteiger partial charge in [-0.3, -0.25) is 4.79 Å². The summed E-state index contributed by atoms with van der Waals surface area (Å²) in [6.07, 6.45) is -4.40. The molecule has 9 heteroatoms. The van der Waals surface area contributed by atoms with E-state index in [1.165, 1.54) is 18.1 Å². The van der Waals surface area contributed by atoms with E-state index in [4.69, 9.17) is 4.74 Å². The van der Waals surface area contributed by atoms with Crippen LogP contribution < -0.4 is 19.9 Å². The van der Waals surface area contributed by atoms with E-state index in [0.29, 0.717) is 19.6 Å². The molecule has 1 saturated heterocycles. The van der Waals surface area contributed by atoms with Gasteiger partial charge in [0, 0.05) is 5.56 Å². The van der Waals surface area contributed by atoms with Crippen molar-refractivity contribution in [2.75, 3.05) is 39.8 Å². The molecule has 1 aromatic carbocycles. The zero-order valence-electron chi connectivity index (χ0n) is 14.9. The molecule has 0 saturated carbocycles. The molecule has 2 rings (SSSR count). The number of ether oxygens (including phenoxy) is 1. The van der Waals surface area contributed by atoms with Crippen molar-refractivity contribution in [1.82, 2.24) is 5.32 Å². The number of amides is 1. The fourth-order valence-electron chi connectivity index (χ4n) is 3.17. The molecule has 0 aliphatic carbocycles. The lowest BCUT2D eigenvalue weighted by molar-refractivity contribution is -1.02. The lowest BCUT2D eigenvalue weighted by Crippen LogP contribution is -3.29. The van der Waals surface area contributed by atoms with Gasteiger partial charge in [-0.05, 0) is 25.1 Å². The molecule has 0 aromatic heterocycles. The number of carbonyl (C=O) groups excluding carboxylic acids is 1. The average molecular weight is 379 g/mol. The number of quaternary nitrogens is 2. The SMILES string of the molecule is COc1ccc(C[NH+]2CC[NH+]([C@@H](C)C(=O)NCC(F)(F)F)CC2)cc1F. The minimum Gasteiger partial charge on any atom is -0.494 e. The van der Waals surface area contributed by atoms with Crippen molar-refractivity contribution in [1.29, 1.82) is 0 Å². The van der Waals surface area contributed by atoms with Crippen molar-refractivity contribution in [2.24, 2.45) is 0 Å². The number of hydrogen-bond acceptors (Lipinski definition) is 2. The molecular formula is C17H25F4N3O2+2. The van der Waals surface area contributed by atoms with Crippen LogP contribution in [0.15, 0.2) is 18.2 Å². The molecule has 1 atom stereocenters. The first-order valence-corrected chi connectivity index (χ1v) is 8.54. The Morgan fingerprint density at radius 3 is 2.46 bits per heavy atom. The van der Waals surface area contributed by atoms with Crippen molar-refractivity contribution in [3.05, 3.63) is 29.6 Å². The van der Waals surface area contributed by atoms with E-state index in [9.17, 15) is 22.4 Å². The highest BCUT2D eigenvalue weighted by Crippen LogP contribution is 2.17. The van der Waals surface area contributed by atoms with Crippen molar-refractivity contribution in [3.63, 3.8) is 0 Å². The van der Waals surface area contributed by atoms with Crippen LogP contribution in [-0.4, -0.2) is 58.0 Å². The number of alkyl halides is 3. The fourth-order valence-corrected chi connectivity index (χ4v) is 3.17. The Hall–Kier alpha value is -1.87. The summed E-state index contributed by atoms with van der Waals surface area (Å²) >= 11 is 0.